The minimum atomic E-state index is 0.211. The number of likely N-dealkylation sites (tertiary alicyclic amines) is 2. The number of hydrogen-bond donors (Lipinski definition) is 0. The van der Waals surface area contributed by atoms with Crippen LogP contribution in [0.1, 0.15) is 24.8 Å². The summed E-state index contributed by atoms with van der Waals surface area (Å²) in [6.45, 7) is 7.92. The predicted octanol–water partition coefficient (Wildman–Crippen LogP) is 1.82. The second-order valence-electron chi connectivity index (χ2n) is 7.69. The zero-order valence-corrected chi connectivity index (χ0v) is 14.9. The van der Waals surface area contributed by atoms with E-state index in [0.717, 1.165) is 58.7 Å². The van der Waals surface area contributed by atoms with Gasteiger partial charge in [-0.3, -0.25) is 9.88 Å². The summed E-state index contributed by atoms with van der Waals surface area (Å²) in [6, 6.07) is 4.38. The van der Waals surface area contributed by atoms with Crippen LogP contribution in [0.4, 0.5) is 4.79 Å². The SMILES string of the molecule is O=C(N1CCOCC1)N1CCC2(CCN(Cc3cccnc3)C2)CC1. The molecule has 0 aromatic carbocycles. The molecule has 0 saturated carbocycles. The Bertz CT molecular complexity index is 580. The number of carbonyl (C=O) groups excluding carboxylic acids is 1. The molecular formula is C19H28N4O2. The maximum absolute atomic E-state index is 12.6. The van der Waals surface area contributed by atoms with Gasteiger partial charge in [0.1, 0.15) is 0 Å². The van der Waals surface area contributed by atoms with Crippen LogP contribution in [0.3, 0.4) is 0 Å². The lowest BCUT2D eigenvalue weighted by Gasteiger charge is -2.41. The summed E-state index contributed by atoms with van der Waals surface area (Å²) >= 11 is 0. The number of urea groups is 1. The quantitative estimate of drug-likeness (QED) is 0.821. The number of rotatable bonds is 2. The highest BCUT2D eigenvalue weighted by Crippen LogP contribution is 2.40. The summed E-state index contributed by atoms with van der Waals surface area (Å²) in [7, 11) is 0. The topological polar surface area (TPSA) is 48.9 Å². The number of pyridine rings is 1. The van der Waals surface area contributed by atoms with Gasteiger partial charge < -0.3 is 14.5 Å². The highest BCUT2D eigenvalue weighted by Gasteiger charge is 2.41. The van der Waals surface area contributed by atoms with Gasteiger partial charge in [-0.1, -0.05) is 6.07 Å². The summed E-state index contributed by atoms with van der Waals surface area (Å²) in [6.07, 6.45) is 7.32. The van der Waals surface area contributed by atoms with E-state index in [4.69, 9.17) is 4.74 Å². The minimum Gasteiger partial charge on any atom is -0.378 e. The summed E-state index contributed by atoms with van der Waals surface area (Å²) in [4.78, 5) is 23.4. The number of nitrogens with zero attached hydrogens (tertiary/aromatic N) is 4. The summed E-state index contributed by atoms with van der Waals surface area (Å²) < 4.78 is 5.35. The normalized spacial score (nSPS) is 24.0. The molecule has 2 amide bonds. The molecule has 0 radical (unpaired) electrons. The van der Waals surface area contributed by atoms with E-state index in [1.54, 1.807) is 0 Å². The van der Waals surface area contributed by atoms with Gasteiger partial charge >= 0.3 is 6.03 Å². The molecule has 0 N–H and O–H groups in total. The molecule has 3 saturated heterocycles. The molecule has 6 heteroatoms. The van der Waals surface area contributed by atoms with Crippen molar-refractivity contribution in [3.05, 3.63) is 30.1 Å². The first kappa shape index (κ1) is 16.8. The minimum absolute atomic E-state index is 0.211. The fourth-order valence-corrected chi connectivity index (χ4v) is 4.45. The maximum atomic E-state index is 12.6. The van der Waals surface area contributed by atoms with Crippen LogP contribution in [0.25, 0.3) is 0 Å². The van der Waals surface area contributed by atoms with Crippen LogP contribution in [0.2, 0.25) is 0 Å². The molecule has 0 aliphatic carbocycles. The molecule has 4 rings (SSSR count). The molecule has 1 spiro atoms. The van der Waals surface area contributed by atoms with Gasteiger partial charge in [0.2, 0.25) is 0 Å². The van der Waals surface area contributed by atoms with Gasteiger partial charge in [-0.25, -0.2) is 4.79 Å². The fraction of sp³-hybridized carbons (Fsp3) is 0.684. The van der Waals surface area contributed by atoms with Crippen molar-refractivity contribution in [1.29, 1.82) is 0 Å². The van der Waals surface area contributed by atoms with E-state index >= 15 is 0 Å². The number of hydrogen-bond acceptors (Lipinski definition) is 4. The van der Waals surface area contributed by atoms with E-state index in [0.29, 0.717) is 18.6 Å². The van der Waals surface area contributed by atoms with Crippen molar-refractivity contribution in [1.82, 2.24) is 19.7 Å². The maximum Gasteiger partial charge on any atom is 0.320 e. The van der Waals surface area contributed by atoms with Crippen LogP contribution in [0, 0.1) is 5.41 Å². The first-order chi connectivity index (χ1) is 12.2. The van der Waals surface area contributed by atoms with Crippen molar-refractivity contribution >= 4 is 6.03 Å². The Morgan fingerprint density at radius 1 is 1.08 bits per heavy atom. The Morgan fingerprint density at radius 3 is 2.52 bits per heavy atom. The molecule has 3 fully saturated rings. The number of aromatic nitrogens is 1. The second kappa shape index (κ2) is 7.30. The summed E-state index contributed by atoms with van der Waals surface area (Å²) in [5.74, 6) is 0. The van der Waals surface area contributed by atoms with Crippen molar-refractivity contribution in [3.63, 3.8) is 0 Å². The predicted molar refractivity (Wildman–Crippen MR) is 95.2 cm³/mol. The zero-order chi connectivity index (χ0) is 17.1. The molecule has 0 unspecified atom stereocenters. The number of carbonyl (C=O) groups is 1. The Morgan fingerprint density at radius 2 is 1.80 bits per heavy atom. The highest BCUT2D eigenvalue weighted by molar-refractivity contribution is 5.74. The lowest BCUT2D eigenvalue weighted by Crippen LogP contribution is -2.52. The molecule has 25 heavy (non-hydrogen) atoms. The Balaban J connectivity index is 1.29. The third-order valence-electron chi connectivity index (χ3n) is 6.02. The van der Waals surface area contributed by atoms with Crippen LogP contribution in [-0.2, 0) is 11.3 Å². The van der Waals surface area contributed by atoms with Gasteiger partial charge in [-0.05, 0) is 42.9 Å². The smallest absolute Gasteiger partial charge is 0.320 e. The monoisotopic (exact) mass is 344 g/mol. The van der Waals surface area contributed by atoms with Gasteiger partial charge in [0.15, 0.2) is 0 Å². The van der Waals surface area contributed by atoms with Crippen molar-refractivity contribution in [2.24, 2.45) is 5.41 Å². The van der Waals surface area contributed by atoms with E-state index in [1.165, 1.54) is 12.0 Å². The van der Waals surface area contributed by atoms with Crippen LogP contribution in [0.15, 0.2) is 24.5 Å². The molecule has 1 aromatic rings. The number of ether oxygens (including phenoxy) is 1. The van der Waals surface area contributed by atoms with Crippen LogP contribution < -0.4 is 0 Å². The number of morpholine rings is 1. The average Bonchev–Trinajstić information content (AvgIpc) is 3.05. The van der Waals surface area contributed by atoms with Crippen molar-refractivity contribution in [2.75, 3.05) is 52.5 Å². The zero-order valence-electron chi connectivity index (χ0n) is 14.9. The lowest BCUT2D eigenvalue weighted by molar-refractivity contribution is 0.0352. The average molecular weight is 344 g/mol. The van der Waals surface area contributed by atoms with Crippen LogP contribution >= 0.6 is 0 Å². The Hall–Kier alpha value is -1.66. The van der Waals surface area contributed by atoms with E-state index in [1.807, 2.05) is 23.4 Å². The fourth-order valence-electron chi connectivity index (χ4n) is 4.45. The highest BCUT2D eigenvalue weighted by atomic mass is 16.5. The number of amides is 2. The van der Waals surface area contributed by atoms with Crippen molar-refractivity contribution < 1.29 is 9.53 Å². The van der Waals surface area contributed by atoms with Gasteiger partial charge in [0.05, 0.1) is 13.2 Å². The van der Waals surface area contributed by atoms with Gasteiger partial charge in [0, 0.05) is 51.7 Å². The molecule has 3 aliphatic heterocycles. The summed E-state index contributed by atoms with van der Waals surface area (Å²) in [5, 5.41) is 0. The van der Waals surface area contributed by atoms with Gasteiger partial charge in [-0.2, -0.15) is 0 Å². The molecule has 136 valence electrons. The molecule has 4 heterocycles. The second-order valence-corrected chi connectivity index (χ2v) is 7.69. The van der Waals surface area contributed by atoms with Crippen molar-refractivity contribution in [2.45, 2.75) is 25.8 Å². The molecule has 0 bridgehead atoms. The summed E-state index contributed by atoms with van der Waals surface area (Å²) in [5.41, 5.74) is 1.70. The van der Waals surface area contributed by atoms with Gasteiger partial charge in [-0.15, -0.1) is 0 Å². The molecular weight excluding hydrogens is 316 g/mol. The van der Waals surface area contributed by atoms with Crippen LogP contribution in [0.5, 0.6) is 0 Å². The third kappa shape index (κ3) is 3.80. The van der Waals surface area contributed by atoms with Crippen molar-refractivity contribution in [3.8, 4) is 0 Å². The van der Waals surface area contributed by atoms with E-state index in [-0.39, 0.29) is 6.03 Å². The number of piperidine rings is 1. The van der Waals surface area contributed by atoms with E-state index in [9.17, 15) is 4.79 Å². The lowest BCUT2D eigenvalue weighted by atomic mass is 9.78. The Kier molecular flexibility index (Phi) is 4.90. The molecule has 1 aromatic heterocycles. The standard InChI is InChI=1S/C19H28N4O2/c24-18(23-10-12-25-13-11-23)22-8-4-19(5-9-22)3-7-21(16-19)15-17-2-1-6-20-14-17/h1-2,6,14H,3-5,7-13,15-16H2. The van der Waals surface area contributed by atoms with Gasteiger partial charge in [0.25, 0.3) is 0 Å². The van der Waals surface area contributed by atoms with Crippen LogP contribution in [-0.4, -0.2) is 78.2 Å². The molecule has 6 nitrogen and oxygen atoms in total. The first-order valence-corrected chi connectivity index (χ1v) is 9.47. The first-order valence-electron chi connectivity index (χ1n) is 9.47. The van der Waals surface area contributed by atoms with E-state index in [2.05, 4.69) is 20.9 Å². The largest absolute Gasteiger partial charge is 0.378 e. The molecule has 3 aliphatic rings. The molecule has 0 atom stereocenters. The van der Waals surface area contributed by atoms with E-state index < -0.39 is 0 Å². The third-order valence-corrected chi connectivity index (χ3v) is 6.02. The Labute approximate surface area is 149 Å².